The van der Waals surface area contributed by atoms with Crippen LogP contribution in [-0.4, -0.2) is 16.1 Å². The van der Waals surface area contributed by atoms with Gasteiger partial charge in [0.15, 0.2) is 5.84 Å². The molecule has 1 unspecified atom stereocenters. The molecule has 0 radical (unpaired) electrons. The van der Waals surface area contributed by atoms with E-state index in [0.29, 0.717) is 5.84 Å². The molecule has 2 aromatic heterocycles. The zero-order valence-corrected chi connectivity index (χ0v) is 34.4. The van der Waals surface area contributed by atoms with Crippen LogP contribution in [0.4, 0.5) is 0 Å². The monoisotopic (exact) mass is 797 g/mol. The maximum Gasteiger partial charge on any atom is 0.160 e. The Labute approximate surface area is 357 Å². The lowest BCUT2D eigenvalue weighted by molar-refractivity contribution is 0.790. The molecule has 1 atom stereocenters. The quantitative estimate of drug-likeness (QED) is 0.166. The largest absolute Gasteiger partial charge is 0.308 e. The minimum atomic E-state index is 0.122. The summed E-state index contributed by atoms with van der Waals surface area (Å²) >= 11 is 1.86. The Morgan fingerprint density at radius 2 is 1.10 bits per heavy atom. The van der Waals surface area contributed by atoms with E-state index in [9.17, 15) is 0 Å². The van der Waals surface area contributed by atoms with Gasteiger partial charge in [0.25, 0.3) is 0 Å². The molecule has 3 nitrogen and oxygen atoms in total. The van der Waals surface area contributed by atoms with Crippen molar-refractivity contribution < 1.29 is 0 Å². The molecule has 11 aromatic rings. The summed E-state index contributed by atoms with van der Waals surface area (Å²) in [5, 5.41) is 9.80. The van der Waals surface area contributed by atoms with E-state index in [1.165, 1.54) is 69.3 Å². The van der Waals surface area contributed by atoms with Gasteiger partial charge < -0.3 is 4.57 Å². The number of thiophene rings is 1. The molecule has 1 aliphatic rings. The molecule has 0 bridgehead atoms. The number of amidine groups is 1. The second-order valence-electron chi connectivity index (χ2n) is 16.2. The van der Waals surface area contributed by atoms with Crippen LogP contribution in [0.25, 0.3) is 86.0 Å². The van der Waals surface area contributed by atoms with Gasteiger partial charge in [-0.15, -0.1) is 11.3 Å². The highest BCUT2D eigenvalue weighted by Gasteiger charge is 2.23. The lowest BCUT2D eigenvalue weighted by Crippen LogP contribution is -2.17. The summed E-state index contributed by atoms with van der Waals surface area (Å²) in [5.41, 5.74) is 11.0. The molecule has 4 heteroatoms. The molecule has 0 saturated heterocycles. The number of fused-ring (bicyclic) bond motifs is 8. The lowest BCUT2D eigenvalue weighted by Gasteiger charge is -2.20. The van der Waals surface area contributed by atoms with Crippen molar-refractivity contribution in [3.8, 4) is 16.8 Å². The van der Waals surface area contributed by atoms with Crippen LogP contribution in [0.5, 0.6) is 0 Å². The van der Waals surface area contributed by atoms with E-state index in [2.05, 4.69) is 212 Å². The number of nitrogens with zero attached hydrogens (tertiary/aromatic N) is 3. The number of para-hydroxylation sites is 1. The highest BCUT2D eigenvalue weighted by molar-refractivity contribution is 7.25. The molecule has 9 aromatic carbocycles. The lowest BCUT2D eigenvalue weighted by atomic mass is 9.92. The predicted molar refractivity (Wildman–Crippen MR) is 262 cm³/mol. The van der Waals surface area contributed by atoms with Crippen molar-refractivity contribution in [3.05, 3.63) is 217 Å². The number of aromatic nitrogens is 1. The minimum absolute atomic E-state index is 0.122. The first-order valence-corrected chi connectivity index (χ1v) is 21.9. The van der Waals surface area contributed by atoms with Gasteiger partial charge in [0.1, 0.15) is 0 Å². The van der Waals surface area contributed by atoms with Gasteiger partial charge in [0.2, 0.25) is 0 Å². The Balaban J connectivity index is 1.12. The zero-order chi connectivity index (χ0) is 40.4. The molecule has 288 valence electrons. The fourth-order valence-corrected chi connectivity index (χ4v) is 10.4. The fourth-order valence-electron chi connectivity index (χ4n) is 9.32. The second-order valence-corrected chi connectivity index (χ2v) is 17.3. The van der Waals surface area contributed by atoms with E-state index in [1.807, 2.05) is 11.3 Å². The maximum absolute atomic E-state index is 5.69. The van der Waals surface area contributed by atoms with Crippen molar-refractivity contribution in [1.82, 2.24) is 4.57 Å². The average molecular weight is 798 g/mol. The van der Waals surface area contributed by atoms with Crippen LogP contribution < -0.4 is 0 Å². The Bertz CT molecular complexity index is 3620. The van der Waals surface area contributed by atoms with Gasteiger partial charge in [0.05, 0.1) is 28.1 Å². The van der Waals surface area contributed by atoms with Crippen molar-refractivity contribution in [2.75, 3.05) is 0 Å². The fraction of sp³-hybridized carbons (Fsp3) is 0.0526. The first-order chi connectivity index (χ1) is 30.1. The molecule has 0 aliphatic carbocycles. The summed E-state index contributed by atoms with van der Waals surface area (Å²) in [6.07, 6.45) is 3.14. The molecule has 0 N–H and O–H groups in total. The third-order valence-corrected chi connectivity index (χ3v) is 13.6. The molecule has 0 spiro atoms. The molecule has 61 heavy (non-hydrogen) atoms. The molecular weight excluding hydrogens is 759 g/mol. The predicted octanol–water partition coefficient (Wildman–Crippen LogP) is 15.4. The van der Waals surface area contributed by atoms with Crippen molar-refractivity contribution >= 4 is 92.1 Å². The smallest absolute Gasteiger partial charge is 0.160 e. The summed E-state index contributed by atoms with van der Waals surface area (Å²) in [6.45, 7) is 2.30. The molecule has 12 rings (SSSR count). The van der Waals surface area contributed by atoms with Gasteiger partial charge in [-0.25, -0.2) is 9.98 Å². The SMILES string of the molecule is CC1C/C=C(\c2cc3c(cc2-n2c4ccccc4c4cc5ccccc5cc42)sc2ccccc23)N=C(c2ccc3ccccc3c2)N=C1c1ccc(-c2ccccc2)cc1. The number of benzene rings is 9. The third kappa shape index (κ3) is 6.10. The van der Waals surface area contributed by atoms with Crippen molar-refractivity contribution in [3.63, 3.8) is 0 Å². The maximum atomic E-state index is 5.69. The van der Waals surface area contributed by atoms with E-state index in [4.69, 9.17) is 9.98 Å². The first kappa shape index (κ1) is 35.5. The summed E-state index contributed by atoms with van der Waals surface area (Å²) in [6, 6.07) is 70.4. The first-order valence-electron chi connectivity index (χ1n) is 21.0. The van der Waals surface area contributed by atoms with Gasteiger partial charge in [-0.1, -0.05) is 165 Å². The van der Waals surface area contributed by atoms with Gasteiger partial charge in [-0.2, -0.15) is 0 Å². The highest BCUT2D eigenvalue weighted by Crippen LogP contribution is 2.43. The number of aliphatic imine (C=N–C) groups is 2. The van der Waals surface area contributed by atoms with Gasteiger partial charge in [-0.3, -0.25) is 0 Å². The number of rotatable bonds is 5. The van der Waals surface area contributed by atoms with Crippen LogP contribution in [0, 0.1) is 5.92 Å². The van der Waals surface area contributed by atoms with E-state index >= 15 is 0 Å². The van der Waals surface area contributed by atoms with Crippen molar-refractivity contribution in [2.45, 2.75) is 13.3 Å². The van der Waals surface area contributed by atoms with E-state index in [-0.39, 0.29) is 5.92 Å². The number of allylic oxidation sites excluding steroid dienone is 1. The van der Waals surface area contributed by atoms with Crippen molar-refractivity contribution in [2.24, 2.45) is 15.9 Å². The van der Waals surface area contributed by atoms with Gasteiger partial charge in [-0.05, 0) is 87.1 Å². The molecule has 0 fully saturated rings. The molecular formula is C57H39N3S. The van der Waals surface area contributed by atoms with E-state index < -0.39 is 0 Å². The highest BCUT2D eigenvalue weighted by atomic mass is 32.1. The molecule has 3 heterocycles. The summed E-state index contributed by atoms with van der Waals surface area (Å²) in [5.74, 6) is 0.831. The van der Waals surface area contributed by atoms with Crippen LogP contribution in [-0.2, 0) is 0 Å². The van der Waals surface area contributed by atoms with E-state index in [0.717, 1.165) is 45.6 Å². The number of hydrogen-bond acceptors (Lipinski definition) is 3. The normalized spacial score (nSPS) is 15.6. The Hall–Kier alpha value is -7.40. The third-order valence-electron chi connectivity index (χ3n) is 12.4. The Morgan fingerprint density at radius 1 is 0.459 bits per heavy atom. The standard InChI is InChI=1S/C57H39N3S/c1-36-23-30-50(58-57(44-29-26-38-15-5-6-16-41(38)31-44)59-56(36)40-27-24-39(25-28-40)37-13-3-2-4-14-37)49-34-48-46-20-10-12-22-54(46)61-55(48)35-53(49)60-51-21-11-9-19-45(51)47-32-42-17-7-8-18-43(42)33-52(47)60/h2-22,24-36H,23H2,1H3/b50-30+,58-57?,59-56?. The Kier molecular flexibility index (Phi) is 8.39. The number of hydrogen-bond donors (Lipinski definition) is 0. The molecule has 1 aliphatic heterocycles. The van der Waals surface area contributed by atoms with Crippen LogP contribution in [0.1, 0.15) is 30.0 Å². The summed E-state index contributed by atoms with van der Waals surface area (Å²) in [7, 11) is 0. The van der Waals surface area contributed by atoms with Crippen LogP contribution in [0.3, 0.4) is 0 Å². The van der Waals surface area contributed by atoms with Crippen molar-refractivity contribution in [1.29, 1.82) is 0 Å². The van der Waals surface area contributed by atoms with Gasteiger partial charge in [0, 0.05) is 48.0 Å². The minimum Gasteiger partial charge on any atom is -0.308 e. The Morgan fingerprint density at radius 3 is 1.92 bits per heavy atom. The summed E-state index contributed by atoms with van der Waals surface area (Å²) in [4.78, 5) is 11.3. The average Bonchev–Trinajstić information content (AvgIpc) is 3.84. The summed E-state index contributed by atoms with van der Waals surface area (Å²) < 4.78 is 5.01. The van der Waals surface area contributed by atoms with Crippen LogP contribution >= 0.6 is 11.3 Å². The van der Waals surface area contributed by atoms with E-state index in [1.54, 1.807) is 0 Å². The zero-order valence-electron chi connectivity index (χ0n) is 33.6. The molecule has 0 amide bonds. The second kappa shape index (κ2) is 14.4. The molecule has 0 saturated carbocycles. The van der Waals surface area contributed by atoms with Crippen LogP contribution in [0.2, 0.25) is 0 Å². The van der Waals surface area contributed by atoms with Gasteiger partial charge >= 0.3 is 0 Å². The topological polar surface area (TPSA) is 29.6 Å². The van der Waals surface area contributed by atoms with Crippen LogP contribution in [0.15, 0.2) is 210 Å².